The fourth-order valence-corrected chi connectivity index (χ4v) is 3.20. The second-order valence-electron chi connectivity index (χ2n) is 5.90. The fraction of sp³-hybridized carbons (Fsp3) is 0.333. The SMILES string of the molecule is C[C@]12CCCN1NC(=O)C(C(=O)Nc1cc(F)c(Br)c(F)c1)=C2O. The van der Waals surface area contributed by atoms with E-state index >= 15 is 0 Å². The van der Waals surface area contributed by atoms with Gasteiger partial charge in [-0.15, -0.1) is 0 Å². The summed E-state index contributed by atoms with van der Waals surface area (Å²) in [4.78, 5) is 24.5. The summed E-state index contributed by atoms with van der Waals surface area (Å²) in [6, 6.07) is 1.82. The van der Waals surface area contributed by atoms with Crippen molar-refractivity contribution in [1.82, 2.24) is 10.4 Å². The molecule has 0 radical (unpaired) electrons. The minimum atomic E-state index is -0.932. The molecule has 2 heterocycles. The standard InChI is InChI=1S/C15H14BrF2N3O3/c1-15-3-2-4-21(15)20-14(24)10(12(15)22)13(23)19-7-5-8(17)11(16)9(18)6-7/h5-6,22H,2-4H2,1H3,(H,19,23)(H,20,24)/t15-/m1/s1. The number of aliphatic hydroxyl groups is 1. The van der Waals surface area contributed by atoms with Crippen molar-refractivity contribution < 1.29 is 23.5 Å². The number of nitrogens with zero attached hydrogens (tertiary/aromatic N) is 1. The molecule has 3 rings (SSSR count). The number of hydrogen-bond acceptors (Lipinski definition) is 4. The Bertz CT molecular complexity index is 760. The predicted molar refractivity (Wildman–Crippen MR) is 84.8 cm³/mol. The second-order valence-corrected chi connectivity index (χ2v) is 6.69. The van der Waals surface area contributed by atoms with Crippen LogP contribution in [0.15, 0.2) is 27.9 Å². The van der Waals surface area contributed by atoms with Gasteiger partial charge in [-0.2, -0.15) is 0 Å². The monoisotopic (exact) mass is 401 g/mol. The molecule has 1 atom stereocenters. The summed E-state index contributed by atoms with van der Waals surface area (Å²) in [5, 5.41) is 14.3. The van der Waals surface area contributed by atoms with Crippen molar-refractivity contribution >= 4 is 33.4 Å². The Morgan fingerprint density at radius 1 is 1.42 bits per heavy atom. The molecule has 2 aliphatic heterocycles. The molecule has 24 heavy (non-hydrogen) atoms. The zero-order chi connectivity index (χ0) is 17.6. The maximum absolute atomic E-state index is 13.5. The smallest absolute Gasteiger partial charge is 0.274 e. The molecular weight excluding hydrogens is 388 g/mol. The Morgan fingerprint density at radius 2 is 2.04 bits per heavy atom. The number of hydrazine groups is 1. The first-order valence-electron chi connectivity index (χ1n) is 7.22. The van der Waals surface area contributed by atoms with Gasteiger partial charge >= 0.3 is 0 Å². The van der Waals surface area contributed by atoms with Gasteiger partial charge in [0.15, 0.2) is 0 Å². The highest BCUT2D eigenvalue weighted by molar-refractivity contribution is 9.10. The fourth-order valence-electron chi connectivity index (χ4n) is 2.98. The zero-order valence-corrected chi connectivity index (χ0v) is 14.2. The number of amides is 2. The summed E-state index contributed by atoms with van der Waals surface area (Å²) >= 11 is 2.73. The van der Waals surface area contributed by atoms with Gasteiger partial charge in [0, 0.05) is 12.2 Å². The van der Waals surface area contributed by atoms with E-state index in [1.54, 1.807) is 11.9 Å². The molecule has 1 fully saturated rings. The Hall–Kier alpha value is -2.00. The molecule has 3 N–H and O–H groups in total. The van der Waals surface area contributed by atoms with Crippen LogP contribution in [0.1, 0.15) is 19.8 Å². The van der Waals surface area contributed by atoms with Crippen molar-refractivity contribution in [1.29, 1.82) is 0 Å². The van der Waals surface area contributed by atoms with Crippen LogP contribution in [0.25, 0.3) is 0 Å². The van der Waals surface area contributed by atoms with Crippen LogP contribution >= 0.6 is 15.9 Å². The van der Waals surface area contributed by atoms with Gasteiger partial charge in [0.2, 0.25) is 0 Å². The van der Waals surface area contributed by atoms with E-state index in [-0.39, 0.29) is 15.9 Å². The van der Waals surface area contributed by atoms with Crippen LogP contribution in [-0.2, 0) is 9.59 Å². The van der Waals surface area contributed by atoms with Gasteiger partial charge in [-0.3, -0.25) is 15.0 Å². The summed E-state index contributed by atoms with van der Waals surface area (Å²) in [6.45, 7) is 2.27. The lowest BCUT2D eigenvalue weighted by atomic mass is 9.91. The third-order valence-corrected chi connectivity index (χ3v) is 5.08. The Balaban J connectivity index is 1.93. The first-order valence-corrected chi connectivity index (χ1v) is 8.01. The van der Waals surface area contributed by atoms with Crippen LogP contribution in [0.2, 0.25) is 0 Å². The molecule has 2 amide bonds. The third-order valence-electron chi connectivity index (χ3n) is 4.32. The number of carbonyl (C=O) groups is 2. The van der Waals surface area contributed by atoms with E-state index in [9.17, 15) is 23.5 Å². The van der Waals surface area contributed by atoms with Gasteiger partial charge in [0.25, 0.3) is 11.8 Å². The van der Waals surface area contributed by atoms with E-state index < -0.39 is 34.6 Å². The van der Waals surface area contributed by atoms with Gasteiger partial charge in [0.05, 0.1) is 10.0 Å². The number of aliphatic hydroxyl groups excluding tert-OH is 1. The van der Waals surface area contributed by atoms with E-state index in [0.717, 1.165) is 18.6 Å². The lowest BCUT2D eigenvalue weighted by Gasteiger charge is -2.39. The van der Waals surface area contributed by atoms with E-state index in [2.05, 4.69) is 26.7 Å². The van der Waals surface area contributed by atoms with Gasteiger partial charge in [-0.25, -0.2) is 13.8 Å². The Morgan fingerprint density at radius 3 is 2.67 bits per heavy atom. The molecule has 0 spiro atoms. The number of fused-ring (bicyclic) bond motifs is 1. The molecule has 6 nitrogen and oxygen atoms in total. The summed E-state index contributed by atoms with van der Waals surface area (Å²) in [6.07, 6.45) is 1.32. The molecule has 1 saturated heterocycles. The normalized spacial score (nSPS) is 23.9. The largest absolute Gasteiger partial charge is 0.509 e. The number of carbonyl (C=O) groups excluding carboxylic acids is 2. The van der Waals surface area contributed by atoms with E-state index in [0.29, 0.717) is 13.0 Å². The second kappa shape index (κ2) is 5.82. The average Bonchev–Trinajstić information content (AvgIpc) is 2.87. The molecule has 0 aromatic heterocycles. The predicted octanol–water partition coefficient (Wildman–Crippen LogP) is 2.38. The maximum Gasteiger partial charge on any atom is 0.274 e. The van der Waals surface area contributed by atoms with Crippen molar-refractivity contribution in [3.63, 3.8) is 0 Å². The van der Waals surface area contributed by atoms with E-state index in [1.807, 2.05) is 0 Å². The average molecular weight is 402 g/mol. The number of benzene rings is 1. The number of hydrogen-bond donors (Lipinski definition) is 3. The van der Waals surface area contributed by atoms with Crippen molar-refractivity contribution in [3.8, 4) is 0 Å². The molecule has 0 aliphatic carbocycles. The van der Waals surface area contributed by atoms with Crippen LogP contribution in [-0.4, -0.2) is 34.0 Å². The van der Waals surface area contributed by atoms with Crippen LogP contribution in [0.5, 0.6) is 0 Å². The molecule has 0 bridgehead atoms. The Labute approximate surface area is 144 Å². The van der Waals surface area contributed by atoms with E-state index in [4.69, 9.17) is 0 Å². The molecular formula is C15H14BrF2N3O3. The molecule has 1 aromatic rings. The Kier molecular flexibility index (Phi) is 4.08. The van der Waals surface area contributed by atoms with Crippen LogP contribution in [0.3, 0.4) is 0 Å². The summed E-state index contributed by atoms with van der Waals surface area (Å²) in [5.74, 6) is -3.84. The highest BCUT2D eigenvalue weighted by Gasteiger charge is 2.48. The third kappa shape index (κ3) is 2.57. The minimum absolute atomic E-state index is 0.162. The lowest BCUT2D eigenvalue weighted by molar-refractivity contribution is -0.129. The first-order chi connectivity index (χ1) is 11.2. The van der Waals surface area contributed by atoms with Gasteiger partial charge < -0.3 is 10.4 Å². The molecule has 2 aliphatic rings. The van der Waals surface area contributed by atoms with Gasteiger partial charge in [-0.1, -0.05) is 0 Å². The number of rotatable bonds is 2. The first kappa shape index (κ1) is 16.8. The highest BCUT2D eigenvalue weighted by Crippen LogP contribution is 2.37. The minimum Gasteiger partial charge on any atom is -0.509 e. The molecule has 9 heteroatoms. The van der Waals surface area contributed by atoms with Crippen LogP contribution in [0, 0.1) is 11.6 Å². The van der Waals surface area contributed by atoms with Crippen molar-refractivity contribution in [2.75, 3.05) is 11.9 Å². The number of halogens is 3. The molecule has 128 valence electrons. The van der Waals surface area contributed by atoms with Crippen LogP contribution < -0.4 is 10.7 Å². The lowest BCUT2D eigenvalue weighted by Crippen LogP contribution is -2.58. The molecule has 0 unspecified atom stereocenters. The topological polar surface area (TPSA) is 81.7 Å². The van der Waals surface area contributed by atoms with E-state index in [1.165, 1.54) is 0 Å². The van der Waals surface area contributed by atoms with Crippen LogP contribution in [0.4, 0.5) is 14.5 Å². The maximum atomic E-state index is 13.5. The highest BCUT2D eigenvalue weighted by atomic mass is 79.9. The summed E-state index contributed by atoms with van der Waals surface area (Å²) in [7, 11) is 0. The number of nitrogens with one attached hydrogen (secondary N) is 2. The van der Waals surface area contributed by atoms with Crippen molar-refractivity contribution in [2.45, 2.75) is 25.3 Å². The van der Waals surface area contributed by atoms with Crippen molar-refractivity contribution in [2.24, 2.45) is 0 Å². The number of anilines is 1. The van der Waals surface area contributed by atoms with Crippen molar-refractivity contribution in [3.05, 3.63) is 39.6 Å². The summed E-state index contributed by atoms with van der Waals surface area (Å²) in [5.41, 5.74) is 1.07. The molecule has 0 saturated carbocycles. The van der Waals surface area contributed by atoms with Gasteiger partial charge in [-0.05, 0) is 47.8 Å². The zero-order valence-electron chi connectivity index (χ0n) is 12.6. The summed E-state index contributed by atoms with van der Waals surface area (Å²) < 4.78 is 26.7. The quantitative estimate of drug-likeness (QED) is 0.524. The molecule has 1 aromatic carbocycles. The van der Waals surface area contributed by atoms with Gasteiger partial charge in [0.1, 0.15) is 23.0 Å².